The zero-order chi connectivity index (χ0) is 13.0. The van der Waals surface area contributed by atoms with Gasteiger partial charge in [0.05, 0.1) is 12.1 Å². The third kappa shape index (κ3) is 2.79. The molecule has 94 valence electrons. The van der Waals surface area contributed by atoms with E-state index in [9.17, 15) is 4.79 Å². The topological polar surface area (TPSA) is 52.1 Å². The monoisotopic (exact) mass is 262 g/mol. The summed E-state index contributed by atoms with van der Waals surface area (Å²) < 4.78 is 4.98. The minimum Gasteiger partial charge on any atom is -0.465 e. The molecule has 0 aliphatic carbocycles. The van der Waals surface area contributed by atoms with Gasteiger partial charge in [-0.25, -0.2) is 9.97 Å². The number of hydrogen-bond acceptors (Lipinski definition) is 5. The third-order valence-electron chi connectivity index (χ3n) is 2.41. The normalized spacial score (nSPS) is 12.3. The molecule has 1 heterocycles. The van der Waals surface area contributed by atoms with E-state index in [2.05, 4.69) is 9.97 Å². The van der Waals surface area contributed by atoms with Crippen molar-refractivity contribution in [3.63, 3.8) is 0 Å². The largest absolute Gasteiger partial charge is 0.465 e. The summed E-state index contributed by atoms with van der Waals surface area (Å²) in [7, 11) is 0. The van der Waals surface area contributed by atoms with Crippen molar-refractivity contribution in [3.05, 3.63) is 30.6 Å². The summed E-state index contributed by atoms with van der Waals surface area (Å²) >= 11 is 1.40. The highest BCUT2D eigenvalue weighted by molar-refractivity contribution is 8.00. The molecule has 1 aromatic heterocycles. The first-order valence-corrected chi connectivity index (χ1v) is 6.63. The number of para-hydroxylation sites is 1. The Bertz CT molecular complexity index is 554. The first kappa shape index (κ1) is 12.8. The Morgan fingerprint density at radius 2 is 2.17 bits per heavy atom. The fourth-order valence-electron chi connectivity index (χ4n) is 1.55. The summed E-state index contributed by atoms with van der Waals surface area (Å²) in [5.41, 5.74) is 0.881. The highest BCUT2D eigenvalue weighted by Gasteiger charge is 2.17. The predicted octanol–water partition coefficient (Wildman–Crippen LogP) is 2.67. The van der Waals surface area contributed by atoms with Gasteiger partial charge >= 0.3 is 5.97 Å². The van der Waals surface area contributed by atoms with Gasteiger partial charge in [-0.05, 0) is 19.9 Å². The molecule has 0 radical (unpaired) electrons. The van der Waals surface area contributed by atoms with Gasteiger partial charge in [-0.3, -0.25) is 4.79 Å². The van der Waals surface area contributed by atoms with Crippen LogP contribution in [0.3, 0.4) is 0 Å². The van der Waals surface area contributed by atoms with Gasteiger partial charge in [0.2, 0.25) is 0 Å². The van der Waals surface area contributed by atoms with Crippen molar-refractivity contribution in [1.29, 1.82) is 0 Å². The Balaban J connectivity index is 2.24. The molecule has 18 heavy (non-hydrogen) atoms. The van der Waals surface area contributed by atoms with Crippen molar-refractivity contribution in [2.24, 2.45) is 0 Å². The van der Waals surface area contributed by atoms with E-state index in [1.165, 1.54) is 18.1 Å². The van der Waals surface area contributed by atoms with Crippen molar-refractivity contribution >= 4 is 28.6 Å². The van der Waals surface area contributed by atoms with Gasteiger partial charge in [0.15, 0.2) is 0 Å². The van der Waals surface area contributed by atoms with E-state index in [0.29, 0.717) is 6.61 Å². The van der Waals surface area contributed by atoms with Crippen molar-refractivity contribution in [2.45, 2.75) is 24.1 Å². The highest BCUT2D eigenvalue weighted by atomic mass is 32.2. The fraction of sp³-hybridized carbons (Fsp3) is 0.308. The molecule has 0 bridgehead atoms. The number of nitrogens with zero attached hydrogens (tertiary/aromatic N) is 2. The maximum atomic E-state index is 11.6. The van der Waals surface area contributed by atoms with Crippen LogP contribution < -0.4 is 0 Å². The lowest BCUT2D eigenvalue weighted by atomic mass is 10.2. The van der Waals surface area contributed by atoms with Crippen LogP contribution in [-0.4, -0.2) is 27.8 Å². The zero-order valence-corrected chi connectivity index (χ0v) is 11.1. The van der Waals surface area contributed by atoms with Crippen LogP contribution in [-0.2, 0) is 9.53 Å². The molecule has 1 unspecified atom stereocenters. The maximum absolute atomic E-state index is 11.6. The minimum atomic E-state index is -0.275. The number of thioether (sulfide) groups is 1. The van der Waals surface area contributed by atoms with Crippen LogP contribution in [0.25, 0.3) is 10.9 Å². The Labute approximate surface area is 110 Å². The molecule has 4 nitrogen and oxygen atoms in total. The molecule has 2 aromatic rings. The van der Waals surface area contributed by atoms with E-state index in [4.69, 9.17) is 4.74 Å². The fourth-order valence-corrected chi connectivity index (χ4v) is 2.46. The zero-order valence-electron chi connectivity index (χ0n) is 10.3. The molecular formula is C13H14N2O2S. The van der Waals surface area contributed by atoms with Crippen molar-refractivity contribution in [1.82, 2.24) is 9.97 Å². The molecule has 0 saturated carbocycles. The summed E-state index contributed by atoms with van der Waals surface area (Å²) in [6, 6.07) is 7.75. The number of fused-ring (bicyclic) bond motifs is 1. The van der Waals surface area contributed by atoms with Crippen LogP contribution in [0.4, 0.5) is 0 Å². The Morgan fingerprint density at radius 1 is 1.39 bits per heavy atom. The SMILES string of the molecule is CCOC(=O)C(C)Sc1ncnc2ccccc12. The summed E-state index contributed by atoms with van der Waals surface area (Å²) in [6.45, 7) is 4.02. The van der Waals surface area contributed by atoms with E-state index < -0.39 is 0 Å². The first-order valence-electron chi connectivity index (χ1n) is 5.75. The molecule has 0 saturated heterocycles. The Kier molecular flexibility index (Phi) is 4.15. The second kappa shape index (κ2) is 5.82. The van der Waals surface area contributed by atoms with Gasteiger partial charge in [0.1, 0.15) is 16.6 Å². The van der Waals surface area contributed by atoms with E-state index in [1.54, 1.807) is 6.92 Å². The molecule has 5 heteroatoms. The number of benzene rings is 1. The van der Waals surface area contributed by atoms with Gasteiger partial charge in [0.25, 0.3) is 0 Å². The van der Waals surface area contributed by atoms with Crippen molar-refractivity contribution in [3.8, 4) is 0 Å². The lowest BCUT2D eigenvalue weighted by Gasteiger charge is -2.10. The van der Waals surface area contributed by atoms with Gasteiger partial charge in [-0.1, -0.05) is 30.0 Å². The standard InChI is InChI=1S/C13H14N2O2S/c1-3-17-13(16)9(2)18-12-10-6-4-5-7-11(10)14-8-15-12/h4-9H,3H2,1-2H3. The molecule has 1 atom stereocenters. The molecule has 1 aromatic carbocycles. The quantitative estimate of drug-likeness (QED) is 0.481. The van der Waals surface area contributed by atoms with Crippen LogP contribution in [0.5, 0.6) is 0 Å². The van der Waals surface area contributed by atoms with Crippen molar-refractivity contribution in [2.75, 3.05) is 6.61 Å². The number of esters is 1. The van der Waals surface area contributed by atoms with Crippen LogP contribution >= 0.6 is 11.8 Å². The van der Waals surface area contributed by atoms with Gasteiger partial charge in [-0.15, -0.1) is 0 Å². The smallest absolute Gasteiger partial charge is 0.319 e. The lowest BCUT2D eigenvalue weighted by molar-refractivity contribution is -0.142. The molecule has 2 rings (SSSR count). The second-order valence-corrected chi connectivity index (χ2v) is 5.04. The van der Waals surface area contributed by atoms with Gasteiger partial charge in [0, 0.05) is 5.39 Å². The summed E-state index contributed by atoms with van der Waals surface area (Å²) in [6.07, 6.45) is 1.52. The number of ether oxygens (including phenoxy) is 1. The molecule has 0 spiro atoms. The molecular weight excluding hydrogens is 248 g/mol. The van der Waals surface area contributed by atoms with E-state index in [1.807, 2.05) is 31.2 Å². The van der Waals surface area contributed by atoms with Crippen molar-refractivity contribution < 1.29 is 9.53 Å². The summed E-state index contributed by atoms with van der Waals surface area (Å²) in [5, 5.41) is 1.49. The van der Waals surface area contributed by atoms with E-state index in [0.717, 1.165) is 15.9 Å². The lowest BCUT2D eigenvalue weighted by Crippen LogP contribution is -2.16. The predicted molar refractivity (Wildman–Crippen MR) is 71.5 cm³/mol. The molecule has 0 aliphatic heterocycles. The number of rotatable bonds is 4. The Morgan fingerprint density at radius 3 is 2.94 bits per heavy atom. The van der Waals surface area contributed by atoms with Crippen LogP contribution in [0.1, 0.15) is 13.8 Å². The number of hydrogen-bond donors (Lipinski definition) is 0. The Hall–Kier alpha value is -1.62. The van der Waals surface area contributed by atoms with E-state index in [-0.39, 0.29) is 11.2 Å². The van der Waals surface area contributed by atoms with Crippen LogP contribution in [0, 0.1) is 0 Å². The molecule has 0 amide bonds. The second-order valence-electron chi connectivity index (χ2n) is 3.71. The maximum Gasteiger partial charge on any atom is 0.319 e. The average molecular weight is 262 g/mol. The minimum absolute atomic E-state index is 0.217. The highest BCUT2D eigenvalue weighted by Crippen LogP contribution is 2.28. The average Bonchev–Trinajstić information content (AvgIpc) is 2.39. The summed E-state index contributed by atoms with van der Waals surface area (Å²) in [4.78, 5) is 20.0. The third-order valence-corrected chi connectivity index (χ3v) is 3.51. The van der Waals surface area contributed by atoms with Gasteiger partial charge in [-0.2, -0.15) is 0 Å². The van der Waals surface area contributed by atoms with E-state index >= 15 is 0 Å². The summed E-state index contributed by atoms with van der Waals surface area (Å²) in [5.74, 6) is -0.217. The first-order chi connectivity index (χ1) is 8.72. The number of carbonyl (C=O) groups excluding carboxylic acids is 1. The van der Waals surface area contributed by atoms with Crippen LogP contribution in [0.15, 0.2) is 35.6 Å². The number of aromatic nitrogens is 2. The van der Waals surface area contributed by atoms with Crippen LogP contribution in [0.2, 0.25) is 0 Å². The molecule has 0 fully saturated rings. The number of carbonyl (C=O) groups is 1. The molecule has 0 aliphatic rings. The van der Waals surface area contributed by atoms with Gasteiger partial charge < -0.3 is 4.74 Å². The molecule has 0 N–H and O–H groups in total.